The molecule has 0 spiro atoms. The fourth-order valence-electron chi connectivity index (χ4n) is 2.74. The van der Waals surface area contributed by atoms with E-state index in [1.807, 2.05) is 30.0 Å². The van der Waals surface area contributed by atoms with Crippen LogP contribution in [0.1, 0.15) is 12.5 Å². The first-order chi connectivity index (χ1) is 12.5. The van der Waals surface area contributed by atoms with Crippen molar-refractivity contribution in [1.82, 2.24) is 10.2 Å². The minimum Gasteiger partial charge on any atom is -0.463 e. The summed E-state index contributed by atoms with van der Waals surface area (Å²) in [4.78, 5) is 26.7. The van der Waals surface area contributed by atoms with E-state index in [-0.39, 0.29) is 6.61 Å². The lowest BCUT2D eigenvalue weighted by Gasteiger charge is -2.38. The second-order valence-electron chi connectivity index (χ2n) is 5.99. The summed E-state index contributed by atoms with van der Waals surface area (Å²) in [7, 11) is 0. The third-order valence-corrected chi connectivity index (χ3v) is 5.79. The van der Waals surface area contributed by atoms with Gasteiger partial charge in [0.15, 0.2) is 5.11 Å². The highest BCUT2D eigenvalue weighted by atomic mass is 32.2. The van der Waals surface area contributed by atoms with Gasteiger partial charge in [0.05, 0.1) is 25.5 Å². The summed E-state index contributed by atoms with van der Waals surface area (Å²) in [5.74, 6) is -1.15. The molecule has 2 aliphatic heterocycles. The molecule has 0 aromatic heterocycles. The van der Waals surface area contributed by atoms with E-state index >= 15 is 0 Å². The number of thioether (sulfide) groups is 1. The van der Waals surface area contributed by atoms with Gasteiger partial charge in [0.1, 0.15) is 0 Å². The van der Waals surface area contributed by atoms with E-state index in [9.17, 15) is 9.59 Å². The normalized spacial score (nSPS) is 22.2. The van der Waals surface area contributed by atoms with Gasteiger partial charge in [-0.3, -0.25) is 4.79 Å². The predicted octanol–water partition coefficient (Wildman–Crippen LogP) is 1.51. The number of benzene rings is 1. The number of hydrogen-bond acceptors (Lipinski definition) is 6. The highest BCUT2D eigenvalue weighted by Crippen LogP contribution is 2.42. The van der Waals surface area contributed by atoms with E-state index in [2.05, 4.69) is 10.6 Å². The number of esters is 1. The van der Waals surface area contributed by atoms with Crippen molar-refractivity contribution in [1.29, 1.82) is 0 Å². The molecule has 2 heterocycles. The number of nitrogens with one attached hydrogen (secondary N) is 2. The monoisotopic (exact) mass is 395 g/mol. The van der Waals surface area contributed by atoms with Crippen LogP contribution < -0.4 is 10.6 Å². The van der Waals surface area contributed by atoms with Gasteiger partial charge in [0.25, 0.3) is 10.8 Å². The van der Waals surface area contributed by atoms with Crippen molar-refractivity contribution in [2.45, 2.75) is 23.6 Å². The Bertz CT molecular complexity index is 737. The van der Waals surface area contributed by atoms with Crippen LogP contribution in [-0.4, -0.2) is 59.7 Å². The Labute approximate surface area is 161 Å². The summed E-state index contributed by atoms with van der Waals surface area (Å²) in [6.07, 6.45) is 0. The van der Waals surface area contributed by atoms with Gasteiger partial charge >= 0.3 is 5.97 Å². The number of morpholine rings is 1. The van der Waals surface area contributed by atoms with Crippen molar-refractivity contribution in [3.8, 4) is 0 Å². The molecule has 1 unspecified atom stereocenters. The van der Waals surface area contributed by atoms with Crippen LogP contribution in [0.4, 0.5) is 5.69 Å². The van der Waals surface area contributed by atoms with Gasteiger partial charge < -0.3 is 25.0 Å². The molecule has 1 atom stereocenters. The standard InChI is InChI=1S/C17H21N3O4S2/c1-3-24-15(22)17(19-16(25)20-6-8-23-9-7-20)14(21)18-12-5-4-11(2)10-13(12)26-17/h4-5,10H,3,6-9H2,1-2H3,(H,18,21)(H,19,25). The molecule has 0 saturated carbocycles. The Morgan fingerprint density at radius 3 is 2.88 bits per heavy atom. The SMILES string of the molecule is CCOC(=O)C1(NC(=S)N2CCOCC2)Sc2cc(C)ccc2NC1=O. The highest BCUT2D eigenvalue weighted by molar-refractivity contribution is 8.02. The van der Waals surface area contributed by atoms with Crippen LogP contribution in [0, 0.1) is 6.92 Å². The van der Waals surface area contributed by atoms with Crippen molar-refractivity contribution >= 4 is 46.7 Å². The smallest absolute Gasteiger partial charge is 0.353 e. The molecular formula is C17H21N3O4S2. The second-order valence-corrected chi connectivity index (χ2v) is 7.63. The Morgan fingerprint density at radius 1 is 1.46 bits per heavy atom. The molecule has 3 rings (SSSR count). The van der Waals surface area contributed by atoms with Gasteiger partial charge in [-0.05, 0) is 43.8 Å². The maximum Gasteiger partial charge on any atom is 0.353 e. The minimum atomic E-state index is -1.66. The van der Waals surface area contributed by atoms with Crippen molar-refractivity contribution in [3.05, 3.63) is 23.8 Å². The summed E-state index contributed by atoms with van der Waals surface area (Å²) in [5, 5.41) is 6.11. The number of carbonyl (C=O) groups is 2. The second kappa shape index (κ2) is 7.81. The van der Waals surface area contributed by atoms with Crippen LogP contribution in [0.25, 0.3) is 0 Å². The summed E-state index contributed by atoms with van der Waals surface area (Å²) in [5.41, 5.74) is 1.70. The van der Waals surface area contributed by atoms with Crippen LogP contribution in [0.15, 0.2) is 23.1 Å². The van der Waals surface area contributed by atoms with Gasteiger partial charge in [0.2, 0.25) is 0 Å². The number of amides is 1. The van der Waals surface area contributed by atoms with E-state index < -0.39 is 16.7 Å². The number of carbonyl (C=O) groups excluding carboxylic acids is 2. The number of ether oxygens (including phenoxy) is 2. The molecule has 2 aliphatic rings. The van der Waals surface area contributed by atoms with Gasteiger partial charge in [-0.1, -0.05) is 17.8 Å². The Kier molecular flexibility index (Phi) is 5.69. The molecule has 2 N–H and O–H groups in total. The maximum absolute atomic E-state index is 12.9. The largest absolute Gasteiger partial charge is 0.463 e. The molecular weight excluding hydrogens is 374 g/mol. The summed E-state index contributed by atoms with van der Waals surface area (Å²) in [6, 6.07) is 5.65. The van der Waals surface area contributed by atoms with Gasteiger partial charge in [-0.15, -0.1) is 0 Å². The number of fused-ring (bicyclic) bond motifs is 1. The predicted molar refractivity (Wildman–Crippen MR) is 103 cm³/mol. The van der Waals surface area contributed by atoms with Gasteiger partial charge in [0, 0.05) is 18.0 Å². The van der Waals surface area contributed by atoms with E-state index in [0.29, 0.717) is 37.1 Å². The van der Waals surface area contributed by atoms with Gasteiger partial charge in [-0.25, -0.2) is 4.79 Å². The average Bonchev–Trinajstić information content (AvgIpc) is 2.63. The van der Waals surface area contributed by atoms with Crippen molar-refractivity contribution in [2.24, 2.45) is 0 Å². The highest BCUT2D eigenvalue weighted by Gasteiger charge is 2.53. The van der Waals surface area contributed by atoms with Gasteiger partial charge in [-0.2, -0.15) is 0 Å². The molecule has 9 heteroatoms. The fraction of sp³-hybridized carbons (Fsp3) is 0.471. The first-order valence-corrected chi connectivity index (χ1v) is 9.62. The summed E-state index contributed by atoms with van der Waals surface area (Å²) < 4.78 is 10.5. The number of rotatable bonds is 3. The molecule has 0 bridgehead atoms. The van der Waals surface area contributed by atoms with E-state index in [4.69, 9.17) is 21.7 Å². The quantitative estimate of drug-likeness (QED) is 0.453. The van der Waals surface area contributed by atoms with E-state index in [0.717, 1.165) is 22.2 Å². The number of nitrogens with zero attached hydrogens (tertiary/aromatic N) is 1. The molecule has 1 fully saturated rings. The Hall–Kier alpha value is -1.84. The van der Waals surface area contributed by atoms with E-state index in [1.54, 1.807) is 6.92 Å². The van der Waals surface area contributed by atoms with Crippen molar-refractivity contribution in [2.75, 3.05) is 38.2 Å². The van der Waals surface area contributed by atoms with Crippen molar-refractivity contribution < 1.29 is 19.1 Å². The van der Waals surface area contributed by atoms with Crippen molar-refractivity contribution in [3.63, 3.8) is 0 Å². The third-order valence-electron chi connectivity index (χ3n) is 4.11. The fourth-order valence-corrected chi connectivity index (χ4v) is 4.37. The summed E-state index contributed by atoms with van der Waals surface area (Å²) >= 11 is 6.59. The molecule has 1 aromatic rings. The number of thiocarbonyl (C=S) groups is 1. The molecule has 0 aliphatic carbocycles. The topological polar surface area (TPSA) is 79.9 Å². The first kappa shape index (κ1) is 18.9. The maximum atomic E-state index is 12.9. The molecule has 140 valence electrons. The third kappa shape index (κ3) is 3.65. The zero-order valence-corrected chi connectivity index (χ0v) is 16.3. The van der Waals surface area contributed by atoms with Crippen LogP contribution >= 0.6 is 24.0 Å². The van der Waals surface area contributed by atoms with E-state index in [1.165, 1.54) is 0 Å². The number of anilines is 1. The molecule has 1 amide bonds. The number of aryl methyl sites for hydroxylation is 1. The lowest BCUT2D eigenvalue weighted by Crippen LogP contribution is -2.64. The number of hydrogen-bond donors (Lipinski definition) is 2. The molecule has 26 heavy (non-hydrogen) atoms. The van der Waals surface area contributed by atoms with Crippen LogP contribution in [0.3, 0.4) is 0 Å². The lowest BCUT2D eigenvalue weighted by molar-refractivity contribution is -0.149. The Morgan fingerprint density at radius 2 is 2.19 bits per heavy atom. The molecule has 1 saturated heterocycles. The zero-order valence-electron chi connectivity index (χ0n) is 14.7. The molecule has 7 nitrogen and oxygen atoms in total. The lowest BCUT2D eigenvalue weighted by atomic mass is 10.2. The Balaban J connectivity index is 1.92. The summed E-state index contributed by atoms with van der Waals surface area (Å²) in [6.45, 7) is 6.14. The average molecular weight is 396 g/mol. The van der Waals surface area contributed by atoms with Crippen LogP contribution in [-0.2, 0) is 19.1 Å². The molecule has 1 aromatic carbocycles. The first-order valence-electron chi connectivity index (χ1n) is 8.39. The van der Waals surface area contributed by atoms with Crippen LogP contribution in [0.5, 0.6) is 0 Å². The van der Waals surface area contributed by atoms with Crippen LogP contribution in [0.2, 0.25) is 0 Å². The minimum absolute atomic E-state index is 0.168. The molecule has 0 radical (unpaired) electrons. The zero-order chi connectivity index (χ0) is 18.7.